The van der Waals surface area contributed by atoms with Crippen LogP contribution in [0.25, 0.3) is 6.08 Å². The number of esters is 1. The summed E-state index contributed by atoms with van der Waals surface area (Å²) in [6.45, 7) is 0.824. The number of rotatable bonds is 8. The number of thiocarbonyl (C=S) groups is 1. The fraction of sp³-hybridized carbons (Fsp3) is 0.227. The van der Waals surface area contributed by atoms with E-state index < -0.39 is 0 Å². The maximum absolute atomic E-state index is 12.5. The second-order valence-corrected chi connectivity index (χ2v) is 7.99. The molecule has 1 aliphatic rings. The number of carbonyl (C=O) groups is 2. The van der Waals surface area contributed by atoms with Gasteiger partial charge in [-0.05, 0) is 29.3 Å². The van der Waals surface area contributed by atoms with Crippen molar-refractivity contribution in [2.45, 2.75) is 12.8 Å². The summed E-state index contributed by atoms with van der Waals surface area (Å²) in [5.41, 5.74) is 2.12. The minimum Gasteiger partial charge on any atom is -0.493 e. The molecule has 0 aromatic heterocycles. The van der Waals surface area contributed by atoms with E-state index in [2.05, 4.69) is 16.9 Å². The van der Waals surface area contributed by atoms with Crippen LogP contribution in [0.3, 0.4) is 0 Å². The van der Waals surface area contributed by atoms with Crippen molar-refractivity contribution in [3.05, 3.63) is 70.6 Å². The van der Waals surface area contributed by atoms with Crippen molar-refractivity contribution in [2.75, 3.05) is 20.3 Å². The standard InChI is InChI=1S/C22H21NO4S2/c1-26-20(24)11-13-23-21(25)19(29-22(23)28)15-17-7-9-18(10-8-17)27-14-12-16-5-3-2-4-6-16/h2-10,15H,11-14H2,1H3/b19-15-. The molecule has 0 atom stereocenters. The van der Waals surface area contributed by atoms with Gasteiger partial charge in [-0.3, -0.25) is 14.5 Å². The maximum Gasteiger partial charge on any atom is 0.307 e. The average molecular weight is 428 g/mol. The quantitative estimate of drug-likeness (QED) is 0.360. The molecule has 3 rings (SSSR count). The predicted molar refractivity (Wildman–Crippen MR) is 119 cm³/mol. The summed E-state index contributed by atoms with van der Waals surface area (Å²) < 4.78 is 10.9. The second kappa shape index (κ2) is 10.2. The molecule has 150 valence electrons. The lowest BCUT2D eigenvalue weighted by Crippen LogP contribution is -2.30. The Morgan fingerprint density at radius 3 is 2.55 bits per heavy atom. The van der Waals surface area contributed by atoms with E-state index in [1.54, 1.807) is 6.08 Å². The van der Waals surface area contributed by atoms with E-state index in [-0.39, 0.29) is 24.8 Å². The largest absolute Gasteiger partial charge is 0.493 e. The highest BCUT2D eigenvalue weighted by Crippen LogP contribution is 2.32. The van der Waals surface area contributed by atoms with Gasteiger partial charge in [0, 0.05) is 13.0 Å². The van der Waals surface area contributed by atoms with E-state index in [1.165, 1.54) is 29.3 Å². The van der Waals surface area contributed by atoms with Crippen molar-refractivity contribution >= 4 is 46.3 Å². The van der Waals surface area contributed by atoms with E-state index in [9.17, 15) is 9.59 Å². The number of hydrogen-bond donors (Lipinski definition) is 0. The smallest absolute Gasteiger partial charge is 0.307 e. The molecule has 0 bridgehead atoms. The first-order valence-corrected chi connectivity index (χ1v) is 10.4. The summed E-state index contributed by atoms with van der Waals surface area (Å²) in [7, 11) is 1.32. The zero-order chi connectivity index (χ0) is 20.6. The molecule has 0 radical (unpaired) electrons. The third-order valence-corrected chi connectivity index (χ3v) is 5.70. The Hall–Kier alpha value is -2.64. The van der Waals surface area contributed by atoms with Gasteiger partial charge in [-0.1, -0.05) is 66.4 Å². The van der Waals surface area contributed by atoms with Crippen LogP contribution >= 0.6 is 24.0 Å². The number of ether oxygens (including phenoxy) is 2. The second-order valence-electron chi connectivity index (χ2n) is 6.31. The molecule has 0 spiro atoms. The normalized spacial score (nSPS) is 15.1. The van der Waals surface area contributed by atoms with Gasteiger partial charge < -0.3 is 9.47 Å². The lowest BCUT2D eigenvalue weighted by Gasteiger charge is -2.12. The van der Waals surface area contributed by atoms with Crippen LogP contribution in [-0.4, -0.2) is 41.4 Å². The van der Waals surface area contributed by atoms with E-state index >= 15 is 0 Å². The lowest BCUT2D eigenvalue weighted by molar-refractivity contribution is -0.140. The van der Waals surface area contributed by atoms with Crippen LogP contribution in [0, 0.1) is 0 Å². The lowest BCUT2D eigenvalue weighted by atomic mass is 10.2. The van der Waals surface area contributed by atoms with Gasteiger partial charge in [0.25, 0.3) is 5.91 Å². The number of carbonyl (C=O) groups excluding carboxylic acids is 2. The van der Waals surface area contributed by atoms with Crippen molar-refractivity contribution in [3.8, 4) is 5.75 Å². The SMILES string of the molecule is COC(=O)CCN1C(=O)/C(=C/c2ccc(OCCc3ccccc3)cc2)SC1=S. The van der Waals surface area contributed by atoms with Crippen molar-refractivity contribution in [1.82, 2.24) is 4.90 Å². The molecule has 1 amide bonds. The highest BCUT2D eigenvalue weighted by Gasteiger charge is 2.32. The van der Waals surface area contributed by atoms with Gasteiger partial charge in [0.2, 0.25) is 0 Å². The molecule has 1 saturated heterocycles. The van der Waals surface area contributed by atoms with Crippen molar-refractivity contribution in [3.63, 3.8) is 0 Å². The number of benzene rings is 2. The van der Waals surface area contributed by atoms with Gasteiger partial charge in [-0.15, -0.1) is 0 Å². The monoisotopic (exact) mass is 427 g/mol. The van der Waals surface area contributed by atoms with Crippen LogP contribution in [0.15, 0.2) is 59.5 Å². The van der Waals surface area contributed by atoms with Crippen LogP contribution in [0.4, 0.5) is 0 Å². The first-order chi connectivity index (χ1) is 14.1. The molecular formula is C22H21NO4S2. The minimum absolute atomic E-state index is 0.116. The Labute approximate surface area is 179 Å². The molecular weight excluding hydrogens is 406 g/mol. The summed E-state index contributed by atoms with van der Waals surface area (Å²) in [5.74, 6) is 0.224. The summed E-state index contributed by atoms with van der Waals surface area (Å²) >= 11 is 6.50. The molecule has 0 saturated carbocycles. The van der Waals surface area contributed by atoms with Gasteiger partial charge in [-0.25, -0.2) is 0 Å². The fourth-order valence-corrected chi connectivity index (χ4v) is 4.05. The Morgan fingerprint density at radius 2 is 1.86 bits per heavy atom. The highest BCUT2D eigenvalue weighted by molar-refractivity contribution is 8.26. The van der Waals surface area contributed by atoms with Gasteiger partial charge in [0.1, 0.15) is 10.1 Å². The van der Waals surface area contributed by atoms with E-state index in [0.29, 0.717) is 15.8 Å². The van der Waals surface area contributed by atoms with Gasteiger partial charge in [-0.2, -0.15) is 0 Å². The summed E-state index contributed by atoms with van der Waals surface area (Å²) in [5, 5.41) is 0. The van der Waals surface area contributed by atoms with Crippen molar-refractivity contribution < 1.29 is 19.1 Å². The molecule has 29 heavy (non-hydrogen) atoms. The maximum atomic E-state index is 12.5. The van der Waals surface area contributed by atoms with Crippen LogP contribution in [-0.2, 0) is 20.7 Å². The number of amides is 1. The Morgan fingerprint density at radius 1 is 1.14 bits per heavy atom. The Kier molecular flexibility index (Phi) is 7.43. The van der Waals surface area contributed by atoms with Crippen molar-refractivity contribution in [1.29, 1.82) is 0 Å². The van der Waals surface area contributed by atoms with Crippen LogP contribution < -0.4 is 4.74 Å². The van der Waals surface area contributed by atoms with Crippen LogP contribution in [0.5, 0.6) is 5.75 Å². The zero-order valence-electron chi connectivity index (χ0n) is 16.0. The highest BCUT2D eigenvalue weighted by atomic mass is 32.2. The van der Waals surface area contributed by atoms with E-state index in [1.807, 2.05) is 42.5 Å². The molecule has 0 aliphatic carbocycles. The van der Waals surface area contributed by atoms with Gasteiger partial charge in [0.05, 0.1) is 25.0 Å². The molecule has 2 aromatic rings. The number of hydrogen-bond acceptors (Lipinski definition) is 6. The molecule has 1 fully saturated rings. The van der Waals surface area contributed by atoms with Crippen molar-refractivity contribution in [2.24, 2.45) is 0 Å². The van der Waals surface area contributed by atoms with Crippen LogP contribution in [0.2, 0.25) is 0 Å². The first-order valence-electron chi connectivity index (χ1n) is 9.16. The Balaban J connectivity index is 1.55. The third-order valence-electron chi connectivity index (χ3n) is 4.32. The topological polar surface area (TPSA) is 55.8 Å². The number of methoxy groups -OCH3 is 1. The van der Waals surface area contributed by atoms with Crippen LogP contribution in [0.1, 0.15) is 17.5 Å². The Bertz CT molecular complexity index is 910. The molecule has 0 unspecified atom stereocenters. The number of thioether (sulfide) groups is 1. The van der Waals surface area contributed by atoms with E-state index in [4.69, 9.17) is 17.0 Å². The molecule has 0 N–H and O–H groups in total. The molecule has 5 nitrogen and oxygen atoms in total. The summed E-state index contributed by atoms with van der Waals surface area (Å²) in [6, 6.07) is 17.8. The predicted octanol–water partition coefficient (Wildman–Crippen LogP) is 4.07. The van der Waals surface area contributed by atoms with Gasteiger partial charge in [0.15, 0.2) is 0 Å². The van der Waals surface area contributed by atoms with E-state index in [0.717, 1.165) is 17.7 Å². The number of nitrogens with zero attached hydrogens (tertiary/aromatic N) is 1. The summed E-state index contributed by atoms with van der Waals surface area (Å²) in [4.78, 5) is 25.8. The third kappa shape index (κ3) is 5.92. The zero-order valence-corrected chi connectivity index (χ0v) is 17.6. The van der Waals surface area contributed by atoms with Gasteiger partial charge >= 0.3 is 5.97 Å². The molecule has 2 aromatic carbocycles. The average Bonchev–Trinajstić information content (AvgIpc) is 3.01. The fourth-order valence-electron chi connectivity index (χ4n) is 2.74. The molecule has 1 aliphatic heterocycles. The summed E-state index contributed by atoms with van der Waals surface area (Å²) in [6.07, 6.45) is 2.76. The molecule has 7 heteroatoms. The first kappa shape index (κ1) is 21.1. The minimum atomic E-state index is -0.370. The molecule has 1 heterocycles.